The zero-order valence-electron chi connectivity index (χ0n) is 11.5. The van der Waals surface area contributed by atoms with Gasteiger partial charge in [0.1, 0.15) is 0 Å². The third-order valence-electron chi connectivity index (χ3n) is 3.78. The van der Waals surface area contributed by atoms with Crippen molar-refractivity contribution < 1.29 is 18.0 Å². The molecule has 7 heteroatoms. The maximum Gasteiger partial charge on any atom is 0.391 e. The summed E-state index contributed by atoms with van der Waals surface area (Å²) in [4.78, 5) is 13.4. The molecule has 1 aliphatic heterocycles. The monoisotopic (exact) mass is 301 g/mol. The third-order valence-corrected chi connectivity index (χ3v) is 3.78. The van der Waals surface area contributed by atoms with Crippen LogP contribution in [0.3, 0.4) is 0 Å². The number of alkyl halides is 3. The molecule has 3 N–H and O–H groups in total. The lowest BCUT2D eigenvalue weighted by Gasteiger charge is -2.32. The van der Waals surface area contributed by atoms with E-state index in [1.807, 2.05) is 11.0 Å². The van der Waals surface area contributed by atoms with Crippen LogP contribution in [-0.2, 0) is 6.54 Å². The van der Waals surface area contributed by atoms with Crippen molar-refractivity contribution in [2.45, 2.75) is 25.6 Å². The Morgan fingerprint density at radius 2 is 2.00 bits per heavy atom. The summed E-state index contributed by atoms with van der Waals surface area (Å²) >= 11 is 0. The summed E-state index contributed by atoms with van der Waals surface area (Å²) < 4.78 is 37.8. The predicted molar refractivity (Wildman–Crippen MR) is 72.2 cm³/mol. The van der Waals surface area contributed by atoms with Crippen molar-refractivity contribution in [3.63, 3.8) is 0 Å². The number of nitrogens with two attached hydrogens (primary N) is 1. The molecule has 1 amide bonds. The second kappa shape index (κ2) is 6.44. The van der Waals surface area contributed by atoms with Crippen LogP contribution in [-0.4, -0.2) is 30.1 Å². The van der Waals surface area contributed by atoms with Crippen LogP contribution in [0, 0.1) is 5.92 Å². The number of hydrogen-bond acceptors (Lipinski definition) is 3. The van der Waals surface area contributed by atoms with Gasteiger partial charge in [-0.05, 0) is 43.6 Å². The van der Waals surface area contributed by atoms with E-state index in [1.54, 1.807) is 18.2 Å². The van der Waals surface area contributed by atoms with Crippen molar-refractivity contribution in [3.8, 4) is 0 Å². The highest BCUT2D eigenvalue weighted by Gasteiger charge is 2.40. The molecule has 1 aliphatic rings. The van der Waals surface area contributed by atoms with E-state index in [0.29, 0.717) is 25.2 Å². The molecule has 0 saturated carbocycles. The van der Waals surface area contributed by atoms with E-state index < -0.39 is 12.1 Å². The molecule has 0 spiro atoms. The van der Waals surface area contributed by atoms with Crippen LogP contribution < -0.4 is 11.3 Å². The van der Waals surface area contributed by atoms with Gasteiger partial charge in [-0.15, -0.1) is 0 Å². The van der Waals surface area contributed by atoms with Crippen molar-refractivity contribution in [2.24, 2.45) is 11.8 Å². The molecule has 1 fully saturated rings. The topological polar surface area (TPSA) is 58.4 Å². The van der Waals surface area contributed by atoms with Crippen LogP contribution in [0.25, 0.3) is 0 Å². The van der Waals surface area contributed by atoms with Gasteiger partial charge in [-0.2, -0.15) is 13.2 Å². The highest BCUT2D eigenvalue weighted by Crippen LogP contribution is 2.34. The fourth-order valence-electron chi connectivity index (χ4n) is 2.57. The number of benzene rings is 1. The van der Waals surface area contributed by atoms with E-state index in [4.69, 9.17) is 5.84 Å². The van der Waals surface area contributed by atoms with Gasteiger partial charge in [0.25, 0.3) is 5.91 Å². The Balaban J connectivity index is 1.93. The molecule has 1 aromatic rings. The van der Waals surface area contributed by atoms with Crippen molar-refractivity contribution in [1.82, 2.24) is 10.3 Å². The second-order valence-corrected chi connectivity index (χ2v) is 5.27. The lowest BCUT2D eigenvalue weighted by molar-refractivity contribution is -0.185. The molecule has 1 saturated heterocycles. The molecule has 0 bridgehead atoms. The molecule has 0 aliphatic carbocycles. The van der Waals surface area contributed by atoms with E-state index in [9.17, 15) is 18.0 Å². The number of nitrogens with zero attached hydrogens (tertiary/aromatic N) is 1. The van der Waals surface area contributed by atoms with Gasteiger partial charge in [-0.3, -0.25) is 15.1 Å². The number of hydrazine groups is 1. The molecular formula is C14H18F3N3O. The van der Waals surface area contributed by atoms with E-state index >= 15 is 0 Å². The van der Waals surface area contributed by atoms with Crippen LogP contribution in [0.4, 0.5) is 13.2 Å². The highest BCUT2D eigenvalue weighted by atomic mass is 19.4. The summed E-state index contributed by atoms with van der Waals surface area (Å²) in [6, 6.07) is 6.94. The molecule has 21 heavy (non-hydrogen) atoms. The molecule has 1 heterocycles. The van der Waals surface area contributed by atoms with Crippen LogP contribution >= 0.6 is 0 Å². The molecule has 0 unspecified atom stereocenters. The Morgan fingerprint density at radius 1 is 1.33 bits per heavy atom. The van der Waals surface area contributed by atoms with Crippen LogP contribution in [0.1, 0.15) is 28.8 Å². The molecule has 4 nitrogen and oxygen atoms in total. The Hall–Kier alpha value is -1.60. The number of rotatable bonds is 3. The fraction of sp³-hybridized carbons (Fsp3) is 0.500. The first-order valence-corrected chi connectivity index (χ1v) is 6.79. The number of amides is 1. The van der Waals surface area contributed by atoms with Gasteiger partial charge in [-0.25, -0.2) is 5.84 Å². The van der Waals surface area contributed by atoms with E-state index in [0.717, 1.165) is 5.56 Å². The Kier molecular flexibility index (Phi) is 4.84. The van der Waals surface area contributed by atoms with Crippen molar-refractivity contribution >= 4 is 5.91 Å². The SMILES string of the molecule is NNC(=O)c1cccc(CN2CCC(C(F)(F)F)CC2)c1. The van der Waals surface area contributed by atoms with Gasteiger partial charge in [0, 0.05) is 12.1 Å². The van der Waals surface area contributed by atoms with Gasteiger partial charge >= 0.3 is 6.18 Å². The van der Waals surface area contributed by atoms with Gasteiger partial charge in [-0.1, -0.05) is 12.1 Å². The minimum absolute atomic E-state index is 0.131. The molecule has 1 aromatic carbocycles. The largest absolute Gasteiger partial charge is 0.391 e. The third kappa shape index (κ3) is 4.18. The maximum atomic E-state index is 12.6. The average molecular weight is 301 g/mol. The average Bonchev–Trinajstić information content (AvgIpc) is 2.46. The first-order valence-electron chi connectivity index (χ1n) is 6.79. The Morgan fingerprint density at radius 3 is 2.57 bits per heavy atom. The summed E-state index contributed by atoms with van der Waals surface area (Å²) in [5.41, 5.74) is 3.39. The normalized spacial score (nSPS) is 17.7. The summed E-state index contributed by atoms with van der Waals surface area (Å²) in [5, 5.41) is 0. The van der Waals surface area contributed by atoms with Crippen molar-refractivity contribution in [2.75, 3.05) is 13.1 Å². The van der Waals surface area contributed by atoms with Crippen LogP contribution in [0.5, 0.6) is 0 Å². The quantitative estimate of drug-likeness (QED) is 0.510. The van der Waals surface area contributed by atoms with E-state index in [1.165, 1.54) is 0 Å². The fourth-order valence-corrected chi connectivity index (χ4v) is 2.57. The highest BCUT2D eigenvalue weighted by molar-refractivity contribution is 5.93. The second-order valence-electron chi connectivity index (χ2n) is 5.27. The predicted octanol–water partition coefficient (Wildman–Crippen LogP) is 2.06. The summed E-state index contributed by atoms with van der Waals surface area (Å²) in [5.74, 6) is 3.50. The Labute approximate surface area is 121 Å². The molecule has 2 rings (SSSR count). The van der Waals surface area contributed by atoms with Crippen LogP contribution in [0.15, 0.2) is 24.3 Å². The number of piperidine rings is 1. The number of hydrogen-bond donors (Lipinski definition) is 2. The first kappa shape index (κ1) is 15.8. The van der Waals surface area contributed by atoms with Gasteiger partial charge in [0.15, 0.2) is 0 Å². The molecule has 0 radical (unpaired) electrons. The summed E-state index contributed by atoms with van der Waals surface area (Å²) in [7, 11) is 0. The minimum atomic E-state index is -4.09. The minimum Gasteiger partial charge on any atom is -0.299 e. The van der Waals surface area contributed by atoms with Crippen molar-refractivity contribution in [3.05, 3.63) is 35.4 Å². The van der Waals surface area contributed by atoms with Gasteiger partial charge in [0.2, 0.25) is 0 Å². The van der Waals surface area contributed by atoms with Crippen molar-refractivity contribution in [1.29, 1.82) is 0 Å². The number of nitrogen functional groups attached to an aromatic ring is 1. The van der Waals surface area contributed by atoms with E-state index in [2.05, 4.69) is 5.43 Å². The molecule has 0 aromatic heterocycles. The number of carbonyl (C=O) groups excluding carboxylic acids is 1. The molecule has 116 valence electrons. The van der Waals surface area contributed by atoms with Crippen LogP contribution in [0.2, 0.25) is 0 Å². The zero-order valence-corrected chi connectivity index (χ0v) is 11.5. The standard InChI is InChI=1S/C14H18F3N3O/c15-14(16,17)12-4-6-20(7-5-12)9-10-2-1-3-11(8-10)13(21)19-18/h1-3,8,12H,4-7,9,18H2,(H,19,21). The lowest BCUT2D eigenvalue weighted by atomic mass is 9.96. The first-order chi connectivity index (χ1) is 9.90. The molecular weight excluding hydrogens is 283 g/mol. The van der Waals surface area contributed by atoms with E-state index in [-0.39, 0.29) is 18.7 Å². The number of halogens is 3. The van der Waals surface area contributed by atoms with Gasteiger partial charge in [0.05, 0.1) is 5.92 Å². The number of nitrogens with one attached hydrogen (secondary N) is 1. The molecule has 0 atom stereocenters. The number of likely N-dealkylation sites (tertiary alicyclic amines) is 1. The van der Waals surface area contributed by atoms with Gasteiger partial charge < -0.3 is 0 Å². The smallest absolute Gasteiger partial charge is 0.299 e. The maximum absolute atomic E-state index is 12.6. The summed E-state index contributed by atoms with van der Waals surface area (Å²) in [6.07, 6.45) is -3.83. The zero-order chi connectivity index (χ0) is 15.5. The lowest BCUT2D eigenvalue weighted by Crippen LogP contribution is -2.38. The summed E-state index contributed by atoms with van der Waals surface area (Å²) in [6.45, 7) is 1.37. The number of carbonyl (C=O) groups is 1. The Bertz CT molecular complexity index is 496.